The van der Waals surface area contributed by atoms with Crippen LogP contribution in [0.25, 0.3) is 0 Å². The maximum atomic E-state index is 11.0. The van der Waals surface area contributed by atoms with Crippen LogP contribution < -0.4 is 10.5 Å². The first-order chi connectivity index (χ1) is 10.0. The second-order valence-corrected chi connectivity index (χ2v) is 4.72. The van der Waals surface area contributed by atoms with Gasteiger partial charge in [-0.1, -0.05) is 19.1 Å². The molecule has 0 saturated heterocycles. The number of hydrogen-bond donors (Lipinski definition) is 1. The molecule has 0 aliphatic heterocycles. The predicted octanol–water partition coefficient (Wildman–Crippen LogP) is 3.50. The largest absolute Gasteiger partial charge is 0.448 e. The summed E-state index contributed by atoms with van der Waals surface area (Å²) in [5.74, 6) is 0.677. The second-order valence-electron chi connectivity index (χ2n) is 4.72. The van der Waals surface area contributed by atoms with Crippen LogP contribution >= 0.6 is 0 Å². The molecule has 2 N–H and O–H groups in total. The summed E-state index contributed by atoms with van der Waals surface area (Å²) in [6.07, 6.45) is 2.32. The molecular formula is C15H17N3O3. The van der Waals surface area contributed by atoms with E-state index in [2.05, 4.69) is 4.98 Å². The lowest BCUT2D eigenvalue weighted by molar-refractivity contribution is -0.385. The highest BCUT2D eigenvalue weighted by Crippen LogP contribution is 2.34. The number of pyridine rings is 1. The fraction of sp³-hybridized carbons (Fsp3) is 0.267. The van der Waals surface area contributed by atoms with Crippen molar-refractivity contribution in [2.24, 2.45) is 5.73 Å². The van der Waals surface area contributed by atoms with Crippen LogP contribution in [-0.4, -0.2) is 9.91 Å². The van der Waals surface area contributed by atoms with E-state index in [1.807, 2.05) is 6.92 Å². The number of para-hydroxylation sites is 1. The van der Waals surface area contributed by atoms with Crippen molar-refractivity contribution in [1.82, 2.24) is 4.98 Å². The van der Waals surface area contributed by atoms with Gasteiger partial charge < -0.3 is 10.5 Å². The summed E-state index contributed by atoms with van der Waals surface area (Å²) >= 11 is 0. The van der Waals surface area contributed by atoms with Gasteiger partial charge in [-0.15, -0.1) is 0 Å². The molecule has 21 heavy (non-hydrogen) atoms. The van der Waals surface area contributed by atoms with E-state index in [1.54, 1.807) is 31.2 Å². The minimum Gasteiger partial charge on any atom is -0.448 e. The zero-order chi connectivity index (χ0) is 15.4. The van der Waals surface area contributed by atoms with Gasteiger partial charge in [0, 0.05) is 12.1 Å². The highest BCUT2D eigenvalue weighted by Gasteiger charge is 2.18. The van der Waals surface area contributed by atoms with E-state index >= 15 is 0 Å². The molecule has 0 saturated carbocycles. The number of hydrogen-bond acceptors (Lipinski definition) is 5. The molecule has 1 aromatic heterocycles. The van der Waals surface area contributed by atoms with Gasteiger partial charge in [-0.2, -0.15) is 0 Å². The Morgan fingerprint density at radius 2 is 2.14 bits per heavy atom. The van der Waals surface area contributed by atoms with Crippen LogP contribution in [0.1, 0.15) is 30.6 Å². The maximum absolute atomic E-state index is 11.0. The number of nitro benzene ring substituents is 1. The Morgan fingerprint density at radius 1 is 1.38 bits per heavy atom. The van der Waals surface area contributed by atoms with Crippen molar-refractivity contribution >= 4 is 5.69 Å². The average Bonchev–Trinajstić information content (AvgIpc) is 2.49. The SMILES string of the molecule is CC[C@@H](N)c1ccc(Oc2c(C)cccc2[N+](=O)[O-])cn1. The maximum Gasteiger partial charge on any atom is 0.311 e. The van der Waals surface area contributed by atoms with Crippen molar-refractivity contribution in [2.75, 3.05) is 0 Å². The molecule has 1 aromatic carbocycles. The predicted molar refractivity (Wildman–Crippen MR) is 79.4 cm³/mol. The third-order valence-electron chi connectivity index (χ3n) is 3.19. The van der Waals surface area contributed by atoms with Gasteiger partial charge in [-0.3, -0.25) is 15.1 Å². The minimum atomic E-state index is -0.461. The topological polar surface area (TPSA) is 91.3 Å². The van der Waals surface area contributed by atoms with E-state index in [1.165, 1.54) is 12.3 Å². The summed E-state index contributed by atoms with van der Waals surface area (Å²) in [6, 6.07) is 8.17. The van der Waals surface area contributed by atoms with Crippen molar-refractivity contribution in [2.45, 2.75) is 26.3 Å². The molecule has 0 fully saturated rings. The third kappa shape index (κ3) is 3.35. The summed E-state index contributed by atoms with van der Waals surface area (Å²) < 4.78 is 5.62. The monoisotopic (exact) mass is 287 g/mol. The molecule has 1 heterocycles. The summed E-state index contributed by atoms with van der Waals surface area (Å²) in [4.78, 5) is 14.8. The quantitative estimate of drug-likeness (QED) is 0.671. The second kappa shape index (κ2) is 6.32. The van der Waals surface area contributed by atoms with E-state index in [0.29, 0.717) is 11.3 Å². The van der Waals surface area contributed by atoms with Gasteiger partial charge in [-0.25, -0.2) is 0 Å². The lowest BCUT2D eigenvalue weighted by Crippen LogP contribution is -2.10. The Hall–Kier alpha value is -2.47. The smallest absolute Gasteiger partial charge is 0.311 e. The molecule has 0 spiro atoms. The van der Waals surface area contributed by atoms with Crippen molar-refractivity contribution in [3.05, 3.63) is 57.9 Å². The van der Waals surface area contributed by atoms with Crippen molar-refractivity contribution in [3.63, 3.8) is 0 Å². The Morgan fingerprint density at radius 3 is 2.71 bits per heavy atom. The molecule has 6 nitrogen and oxygen atoms in total. The van der Waals surface area contributed by atoms with Crippen LogP contribution in [0.2, 0.25) is 0 Å². The van der Waals surface area contributed by atoms with E-state index < -0.39 is 4.92 Å². The molecule has 0 bridgehead atoms. The van der Waals surface area contributed by atoms with Crippen LogP contribution in [0.3, 0.4) is 0 Å². The van der Waals surface area contributed by atoms with Gasteiger partial charge in [0.25, 0.3) is 0 Å². The summed E-state index contributed by atoms with van der Waals surface area (Å²) in [5.41, 5.74) is 7.29. The number of rotatable bonds is 5. The molecule has 1 atom stereocenters. The highest BCUT2D eigenvalue weighted by molar-refractivity contribution is 5.52. The molecule has 6 heteroatoms. The van der Waals surface area contributed by atoms with Crippen molar-refractivity contribution < 1.29 is 9.66 Å². The molecule has 2 aromatic rings. The molecule has 0 aliphatic carbocycles. The third-order valence-corrected chi connectivity index (χ3v) is 3.19. The molecule has 110 valence electrons. The fourth-order valence-corrected chi connectivity index (χ4v) is 1.91. The Labute approximate surface area is 122 Å². The Kier molecular flexibility index (Phi) is 4.49. The first kappa shape index (κ1) is 14.9. The van der Waals surface area contributed by atoms with Crippen molar-refractivity contribution in [3.8, 4) is 11.5 Å². The summed E-state index contributed by atoms with van der Waals surface area (Å²) in [6.45, 7) is 3.74. The number of ether oxygens (including phenoxy) is 1. The van der Waals surface area contributed by atoms with Crippen LogP contribution in [0.5, 0.6) is 11.5 Å². The van der Waals surface area contributed by atoms with Crippen LogP contribution in [0, 0.1) is 17.0 Å². The number of aromatic nitrogens is 1. The molecular weight excluding hydrogens is 270 g/mol. The highest BCUT2D eigenvalue weighted by atomic mass is 16.6. The number of nitrogens with two attached hydrogens (primary N) is 1. The van der Waals surface area contributed by atoms with Gasteiger partial charge >= 0.3 is 5.69 Å². The lowest BCUT2D eigenvalue weighted by Gasteiger charge is -2.11. The standard InChI is InChI=1S/C15H17N3O3/c1-3-12(16)13-8-7-11(9-17-13)21-15-10(2)5-4-6-14(15)18(19)20/h4-9,12H,3,16H2,1-2H3/t12-/m1/s1. The molecule has 0 amide bonds. The van der Waals surface area contributed by atoms with Gasteiger partial charge in [0.05, 0.1) is 16.8 Å². The minimum absolute atomic E-state index is 0.0654. The van der Waals surface area contributed by atoms with Crippen LogP contribution in [0.15, 0.2) is 36.5 Å². The summed E-state index contributed by atoms with van der Waals surface area (Å²) in [7, 11) is 0. The fourth-order valence-electron chi connectivity index (χ4n) is 1.91. The van der Waals surface area contributed by atoms with Gasteiger partial charge in [-0.05, 0) is 31.0 Å². The zero-order valence-electron chi connectivity index (χ0n) is 11.9. The van der Waals surface area contributed by atoms with E-state index in [9.17, 15) is 10.1 Å². The first-order valence-electron chi connectivity index (χ1n) is 6.66. The Balaban J connectivity index is 2.28. The average molecular weight is 287 g/mol. The molecule has 0 radical (unpaired) electrons. The summed E-state index contributed by atoms with van der Waals surface area (Å²) in [5, 5.41) is 11.0. The molecule has 0 aliphatic rings. The Bertz CT molecular complexity index is 641. The lowest BCUT2D eigenvalue weighted by atomic mass is 10.1. The van der Waals surface area contributed by atoms with Gasteiger partial charge in [0.1, 0.15) is 5.75 Å². The normalized spacial score (nSPS) is 12.0. The molecule has 2 rings (SSSR count). The number of aryl methyl sites for hydroxylation is 1. The zero-order valence-corrected chi connectivity index (χ0v) is 11.9. The van der Waals surface area contributed by atoms with Crippen LogP contribution in [-0.2, 0) is 0 Å². The van der Waals surface area contributed by atoms with Gasteiger partial charge in [0.2, 0.25) is 5.75 Å². The van der Waals surface area contributed by atoms with E-state index in [4.69, 9.17) is 10.5 Å². The number of benzene rings is 1. The number of nitro groups is 1. The van der Waals surface area contributed by atoms with E-state index in [0.717, 1.165) is 12.1 Å². The van der Waals surface area contributed by atoms with E-state index in [-0.39, 0.29) is 17.5 Å². The molecule has 0 unspecified atom stereocenters. The van der Waals surface area contributed by atoms with Crippen molar-refractivity contribution in [1.29, 1.82) is 0 Å². The van der Waals surface area contributed by atoms with Gasteiger partial charge in [0.15, 0.2) is 0 Å². The number of nitrogens with zero attached hydrogens (tertiary/aromatic N) is 2. The first-order valence-corrected chi connectivity index (χ1v) is 6.66. The van der Waals surface area contributed by atoms with Crippen LogP contribution in [0.4, 0.5) is 5.69 Å².